The second kappa shape index (κ2) is 9.20. The normalized spacial score (nSPS) is 11.6. The minimum Gasteiger partial charge on any atom is -0.443 e. The number of hydrogen-bond donors (Lipinski definition) is 0. The zero-order chi connectivity index (χ0) is 20.9. The third-order valence-corrected chi connectivity index (χ3v) is 6.22. The van der Waals surface area contributed by atoms with Gasteiger partial charge in [-0.3, -0.25) is 0 Å². The molecule has 1 aromatic heterocycles. The predicted molar refractivity (Wildman–Crippen MR) is 117 cm³/mol. The summed E-state index contributed by atoms with van der Waals surface area (Å²) in [6.45, 7) is 13.4. The molecule has 0 saturated heterocycles. The van der Waals surface area contributed by atoms with Crippen LogP contribution in [-0.4, -0.2) is 29.2 Å². The molecule has 0 aliphatic carbocycles. The second-order valence-corrected chi connectivity index (χ2v) is 8.13. The van der Waals surface area contributed by atoms with Crippen LogP contribution in [0.4, 0.5) is 5.69 Å². The maximum Gasteiger partial charge on any atom is 0.218 e. The maximum absolute atomic E-state index is 9.75. The molecule has 1 heterocycles. The lowest BCUT2D eigenvalue weighted by atomic mass is 9.80. The molecule has 0 bridgehead atoms. The van der Waals surface area contributed by atoms with Crippen LogP contribution in [0.3, 0.4) is 0 Å². The molecule has 0 N–H and O–H groups in total. The highest BCUT2D eigenvalue weighted by atomic mass is 32.1. The van der Waals surface area contributed by atoms with Gasteiger partial charge in [0.1, 0.15) is 17.4 Å². The SMILES string of the molecule is CCN(C)/C=N\c1cc(C)c(Oc2snc(C(C)(CC)CC)c2C#N)cc1C. The number of aryl methyl sites for hydroxylation is 2. The highest BCUT2D eigenvalue weighted by molar-refractivity contribution is 7.08. The fraction of sp³-hybridized carbons (Fsp3) is 0.500. The van der Waals surface area contributed by atoms with Crippen LogP contribution < -0.4 is 4.74 Å². The van der Waals surface area contributed by atoms with Gasteiger partial charge in [-0.1, -0.05) is 20.8 Å². The highest BCUT2D eigenvalue weighted by Crippen LogP contribution is 2.41. The molecule has 28 heavy (non-hydrogen) atoms. The summed E-state index contributed by atoms with van der Waals surface area (Å²) < 4.78 is 10.7. The molecule has 0 unspecified atom stereocenters. The Morgan fingerprint density at radius 1 is 1.25 bits per heavy atom. The molecule has 150 valence electrons. The van der Waals surface area contributed by atoms with Crippen molar-refractivity contribution in [1.29, 1.82) is 5.26 Å². The predicted octanol–water partition coefficient (Wildman–Crippen LogP) is 6.11. The molecule has 0 saturated carbocycles. The van der Waals surface area contributed by atoms with Crippen LogP contribution in [0.25, 0.3) is 0 Å². The van der Waals surface area contributed by atoms with Crippen molar-refractivity contribution in [2.75, 3.05) is 13.6 Å². The number of aliphatic imine (C=N–C) groups is 1. The van der Waals surface area contributed by atoms with E-state index in [1.807, 2.05) is 44.3 Å². The van der Waals surface area contributed by atoms with Crippen LogP contribution in [-0.2, 0) is 5.41 Å². The fourth-order valence-electron chi connectivity index (χ4n) is 2.81. The third-order valence-electron chi connectivity index (χ3n) is 5.49. The molecule has 0 atom stereocenters. The molecule has 1 aromatic carbocycles. The Hall–Kier alpha value is -2.39. The molecule has 5 nitrogen and oxygen atoms in total. The van der Waals surface area contributed by atoms with Crippen molar-refractivity contribution in [3.8, 4) is 16.9 Å². The van der Waals surface area contributed by atoms with Crippen LogP contribution in [0.1, 0.15) is 62.9 Å². The van der Waals surface area contributed by atoms with Gasteiger partial charge in [-0.25, -0.2) is 4.99 Å². The minimum absolute atomic E-state index is 0.113. The lowest BCUT2D eigenvalue weighted by Gasteiger charge is -2.24. The lowest BCUT2D eigenvalue weighted by Crippen LogP contribution is -2.21. The summed E-state index contributed by atoms with van der Waals surface area (Å²) >= 11 is 1.26. The molecule has 0 aliphatic heterocycles. The number of aromatic nitrogens is 1. The number of nitrogens with zero attached hydrogens (tertiary/aromatic N) is 4. The number of rotatable bonds is 8. The highest BCUT2D eigenvalue weighted by Gasteiger charge is 2.31. The Morgan fingerprint density at radius 2 is 1.93 bits per heavy atom. The molecular formula is C22H30N4OS. The standard InChI is InChI=1S/C22H30N4OS/c1-8-22(6,9-2)20-17(13-23)21(28-25-20)27-19-12-15(4)18(11-16(19)5)24-14-26(7)10-3/h11-12,14H,8-10H2,1-7H3/b24-14-. The summed E-state index contributed by atoms with van der Waals surface area (Å²) in [5.41, 5.74) is 4.21. The summed E-state index contributed by atoms with van der Waals surface area (Å²) in [6.07, 6.45) is 3.69. The van der Waals surface area contributed by atoms with Gasteiger partial charge in [-0.2, -0.15) is 9.64 Å². The largest absolute Gasteiger partial charge is 0.443 e. The van der Waals surface area contributed by atoms with Crippen LogP contribution >= 0.6 is 11.5 Å². The Kier molecular flexibility index (Phi) is 7.20. The van der Waals surface area contributed by atoms with E-state index in [4.69, 9.17) is 4.74 Å². The molecule has 0 fully saturated rings. The second-order valence-electron chi connectivity index (χ2n) is 7.40. The summed E-state index contributed by atoms with van der Waals surface area (Å²) in [5, 5.41) is 10.3. The Balaban J connectivity index is 2.37. The number of nitriles is 1. The first-order chi connectivity index (χ1) is 13.3. The number of benzene rings is 1. The number of ether oxygens (including phenoxy) is 1. The summed E-state index contributed by atoms with van der Waals surface area (Å²) in [7, 11) is 1.99. The molecule has 0 aliphatic rings. The van der Waals surface area contributed by atoms with E-state index >= 15 is 0 Å². The van der Waals surface area contributed by atoms with Gasteiger partial charge in [0.2, 0.25) is 5.06 Å². The zero-order valence-electron chi connectivity index (χ0n) is 18.0. The monoisotopic (exact) mass is 398 g/mol. The lowest BCUT2D eigenvalue weighted by molar-refractivity contribution is 0.426. The van der Waals surface area contributed by atoms with Gasteiger partial charge in [-0.15, -0.1) is 0 Å². The van der Waals surface area contributed by atoms with E-state index in [1.165, 1.54) is 11.5 Å². The Bertz CT molecular complexity index is 891. The topological polar surface area (TPSA) is 61.5 Å². The smallest absolute Gasteiger partial charge is 0.218 e. The Labute approximate surface area is 172 Å². The van der Waals surface area contributed by atoms with Gasteiger partial charge < -0.3 is 9.64 Å². The van der Waals surface area contributed by atoms with E-state index in [0.29, 0.717) is 10.6 Å². The van der Waals surface area contributed by atoms with Gasteiger partial charge in [0, 0.05) is 30.5 Å². The van der Waals surface area contributed by atoms with Gasteiger partial charge in [0.25, 0.3) is 0 Å². The van der Waals surface area contributed by atoms with Crippen molar-refractivity contribution in [2.24, 2.45) is 4.99 Å². The Morgan fingerprint density at radius 3 is 2.50 bits per heavy atom. The van der Waals surface area contributed by atoms with Crippen molar-refractivity contribution in [1.82, 2.24) is 9.27 Å². The van der Waals surface area contributed by atoms with Crippen molar-refractivity contribution < 1.29 is 4.74 Å². The van der Waals surface area contributed by atoms with E-state index in [-0.39, 0.29) is 5.41 Å². The summed E-state index contributed by atoms with van der Waals surface area (Å²) in [5.74, 6) is 0.738. The first-order valence-electron chi connectivity index (χ1n) is 9.73. The van der Waals surface area contributed by atoms with E-state index < -0.39 is 0 Å². The zero-order valence-corrected chi connectivity index (χ0v) is 18.8. The van der Waals surface area contributed by atoms with Crippen LogP contribution in [0.5, 0.6) is 10.8 Å². The van der Waals surface area contributed by atoms with Crippen LogP contribution in [0.15, 0.2) is 17.1 Å². The van der Waals surface area contributed by atoms with Crippen LogP contribution in [0, 0.1) is 25.2 Å². The molecular weight excluding hydrogens is 368 g/mol. The minimum atomic E-state index is -0.113. The van der Waals surface area contributed by atoms with Crippen molar-refractivity contribution in [3.63, 3.8) is 0 Å². The van der Waals surface area contributed by atoms with E-state index in [1.54, 1.807) is 0 Å². The number of hydrogen-bond acceptors (Lipinski definition) is 5. The van der Waals surface area contributed by atoms with Crippen molar-refractivity contribution in [3.05, 3.63) is 34.5 Å². The molecule has 0 spiro atoms. The van der Waals surface area contributed by atoms with E-state index in [0.717, 1.165) is 47.6 Å². The molecule has 0 radical (unpaired) electrons. The summed E-state index contributed by atoms with van der Waals surface area (Å²) in [6, 6.07) is 6.31. The van der Waals surface area contributed by atoms with Gasteiger partial charge in [0.05, 0.1) is 17.7 Å². The fourth-order valence-corrected chi connectivity index (χ4v) is 3.65. The average molecular weight is 399 g/mol. The molecule has 2 aromatic rings. The quantitative estimate of drug-likeness (QED) is 0.397. The van der Waals surface area contributed by atoms with Gasteiger partial charge in [0.15, 0.2) is 0 Å². The summed E-state index contributed by atoms with van der Waals surface area (Å²) in [4.78, 5) is 6.58. The van der Waals surface area contributed by atoms with Gasteiger partial charge in [-0.05, 0) is 56.9 Å². The van der Waals surface area contributed by atoms with E-state index in [9.17, 15) is 5.26 Å². The average Bonchev–Trinajstić information content (AvgIpc) is 3.11. The molecule has 2 rings (SSSR count). The first kappa shape index (κ1) is 21.9. The van der Waals surface area contributed by atoms with E-state index in [2.05, 4.69) is 43.1 Å². The molecule has 0 amide bonds. The van der Waals surface area contributed by atoms with Crippen molar-refractivity contribution >= 4 is 23.6 Å². The van der Waals surface area contributed by atoms with Crippen molar-refractivity contribution in [2.45, 2.75) is 59.8 Å². The maximum atomic E-state index is 9.75. The van der Waals surface area contributed by atoms with Gasteiger partial charge >= 0.3 is 0 Å². The van der Waals surface area contributed by atoms with Crippen LogP contribution in [0.2, 0.25) is 0 Å². The third kappa shape index (κ3) is 4.53. The first-order valence-corrected chi connectivity index (χ1v) is 10.5. The molecule has 6 heteroatoms.